The summed E-state index contributed by atoms with van der Waals surface area (Å²) in [4.78, 5) is 0.250. The summed E-state index contributed by atoms with van der Waals surface area (Å²) >= 11 is 0. The SMILES string of the molecule is COc1ccc(S(=O)(=O)NC2(CN)CCCCCC2)cc1. The van der Waals surface area contributed by atoms with E-state index >= 15 is 0 Å². The Labute approximate surface area is 126 Å². The van der Waals surface area contributed by atoms with Crippen molar-refractivity contribution in [2.45, 2.75) is 49.0 Å². The molecule has 5 nitrogen and oxygen atoms in total. The highest BCUT2D eigenvalue weighted by Gasteiger charge is 2.34. The predicted octanol–water partition coefficient (Wildman–Crippen LogP) is 2.03. The highest BCUT2D eigenvalue weighted by atomic mass is 32.2. The summed E-state index contributed by atoms with van der Waals surface area (Å²) < 4.78 is 33.1. The lowest BCUT2D eigenvalue weighted by molar-refractivity contribution is 0.342. The maximum Gasteiger partial charge on any atom is 0.241 e. The zero-order valence-corrected chi connectivity index (χ0v) is 13.3. The average molecular weight is 312 g/mol. The van der Waals surface area contributed by atoms with Crippen molar-refractivity contribution in [3.8, 4) is 5.75 Å². The van der Waals surface area contributed by atoms with Crippen LogP contribution in [0.1, 0.15) is 38.5 Å². The van der Waals surface area contributed by atoms with E-state index in [0.29, 0.717) is 12.3 Å². The summed E-state index contributed by atoms with van der Waals surface area (Å²) in [7, 11) is -2.00. The molecule has 0 spiro atoms. The van der Waals surface area contributed by atoms with E-state index < -0.39 is 15.6 Å². The number of nitrogens with one attached hydrogen (secondary N) is 1. The normalized spacial score (nSPS) is 19.0. The maximum absolute atomic E-state index is 12.6. The molecule has 1 aromatic carbocycles. The van der Waals surface area contributed by atoms with Gasteiger partial charge in [-0.05, 0) is 37.1 Å². The molecular formula is C15H24N2O3S. The fraction of sp³-hybridized carbons (Fsp3) is 0.600. The number of ether oxygens (including phenoxy) is 1. The Kier molecular flexibility index (Phi) is 5.24. The number of nitrogens with two attached hydrogens (primary N) is 1. The van der Waals surface area contributed by atoms with Gasteiger partial charge in [0, 0.05) is 12.1 Å². The van der Waals surface area contributed by atoms with Crippen molar-refractivity contribution >= 4 is 10.0 Å². The third-order valence-electron chi connectivity index (χ3n) is 4.17. The van der Waals surface area contributed by atoms with Gasteiger partial charge in [-0.15, -0.1) is 0 Å². The molecule has 0 atom stereocenters. The smallest absolute Gasteiger partial charge is 0.241 e. The molecule has 0 saturated heterocycles. The van der Waals surface area contributed by atoms with Crippen LogP contribution in [-0.4, -0.2) is 27.6 Å². The van der Waals surface area contributed by atoms with Crippen molar-refractivity contribution in [2.24, 2.45) is 5.73 Å². The summed E-state index contributed by atoms with van der Waals surface area (Å²) in [5.74, 6) is 0.636. The lowest BCUT2D eigenvalue weighted by Crippen LogP contribution is -2.53. The molecule has 0 aromatic heterocycles. The first kappa shape index (κ1) is 16.3. The van der Waals surface area contributed by atoms with Gasteiger partial charge < -0.3 is 10.5 Å². The van der Waals surface area contributed by atoms with Crippen LogP contribution in [0.5, 0.6) is 5.75 Å². The van der Waals surface area contributed by atoms with Crippen LogP contribution in [0.2, 0.25) is 0 Å². The molecule has 0 amide bonds. The molecule has 1 aliphatic carbocycles. The van der Waals surface area contributed by atoms with Crippen LogP contribution in [-0.2, 0) is 10.0 Å². The molecule has 0 bridgehead atoms. The predicted molar refractivity (Wildman–Crippen MR) is 82.8 cm³/mol. The minimum Gasteiger partial charge on any atom is -0.497 e. The highest BCUT2D eigenvalue weighted by Crippen LogP contribution is 2.28. The summed E-state index contributed by atoms with van der Waals surface area (Å²) in [6.45, 7) is 0.336. The summed E-state index contributed by atoms with van der Waals surface area (Å²) in [6.07, 6.45) is 5.93. The first-order chi connectivity index (χ1) is 10.0. The Balaban J connectivity index is 2.21. The lowest BCUT2D eigenvalue weighted by atomic mass is 9.92. The molecule has 1 aliphatic rings. The molecule has 1 aromatic rings. The second kappa shape index (κ2) is 6.77. The van der Waals surface area contributed by atoms with Gasteiger partial charge in [0.05, 0.1) is 12.0 Å². The number of rotatable bonds is 5. The van der Waals surface area contributed by atoms with Crippen molar-refractivity contribution in [3.05, 3.63) is 24.3 Å². The number of hydrogen-bond acceptors (Lipinski definition) is 4. The van der Waals surface area contributed by atoms with Gasteiger partial charge in [0.15, 0.2) is 0 Å². The largest absolute Gasteiger partial charge is 0.497 e. The Morgan fingerprint density at radius 3 is 2.19 bits per heavy atom. The molecule has 1 fully saturated rings. The molecule has 6 heteroatoms. The van der Waals surface area contributed by atoms with Crippen LogP contribution in [0.4, 0.5) is 0 Å². The van der Waals surface area contributed by atoms with Gasteiger partial charge in [-0.3, -0.25) is 0 Å². The van der Waals surface area contributed by atoms with Crippen LogP contribution in [0.25, 0.3) is 0 Å². The Morgan fingerprint density at radius 1 is 1.14 bits per heavy atom. The molecule has 0 radical (unpaired) electrons. The number of hydrogen-bond donors (Lipinski definition) is 2. The van der Waals surface area contributed by atoms with Gasteiger partial charge >= 0.3 is 0 Å². The molecular weight excluding hydrogens is 288 g/mol. The first-order valence-electron chi connectivity index (χ1n) is 7.39. The van der Waals surface area contributed by atoms with E-state index in [9.17, 15) is 8.42 Å². The molecule has 3 N–H and O–H groups in total. The zero-order chi connectivity index (χ0) is 15.3. The first-order valence-corrected chi connectivity index (χ1v) is 8.88. The molecule has 0 heterocycles. The second-order valence-corrected chi connectivity index (χ2v) is 7.36. The third kappa shape index (κ3) is 3.96. The lowest BCUT2D eigenvalue weighted by Gasteiger charge is -2.32. The van der Waals surface area contributed by atoms with Crippen LogP contribution in [0.15, 0.2) is 29.2 Å². The zero-order valence-electron chi connectivity index (χ0n) is 12.5. The van der Waals surface area contributed by atoms with Gasteiger partial charge in [-0.2, -0.15) is 0 Å². The Hall–Kier alpha value is -1.11. The van der Waals surface area contributed by atoms with Crippen molar-refractivity contribution < 1.29 is 13.2 Å². The minimum absolute atomic E-state index is 0.250. The number of methoxy groups -OCH3 is 1. The van der Waals surface area contributed by atoms with Crippen molar-refractivity contribution in [3.63, 3.8) is 0 Å². The van der Waals surface area contributed by atoms with E-state index in [2.05, 4.69) is 4.72 Å². The molecule has 1 saturated carbocycles. The van der Waals surface area contributed by atoms with Gasteiger partial charge in [-0.1, -0.05) is 25.7 Å². The standard InChI is InChI=1S/C15H24N2O3S/c1-20-13-6-8-14(9-7-13)21(18,19)17-15(12-16)10-4-2-3-5-11-15/h6-9,17H,2-5,10-12,16H2,1H3. The van der Waals surface area contributed by atoms with E-state index in [1.807, 2.05) is 0 Å². The third-order valence-corrected chi connectivity index (χ3v) is 5.77. The van der Waals surface area contributed by atoms with Gasteiger partial charge in [0.25, 0.3) is 0 Å². The molecule has 21 heavy (non-hydrogen) atoms. The molecule has 2 rings (SSSR count). The fourth-order valence-corrected chi connectivity index (χ4v) is 4.32. The minimum atomic E-state index is -3.56. The second-order valence-electron chi connectivity index (χ2n) is 5.68. The van der Waals surface area contributed by atoms with E-state index in [0.717, 1.165) is 38.5 Å². The van der Waals surface area contributed by atoms with Crippen LogP contribution < -0.4 is 15.2 Å². The fourth-order valence-electron chi connectivity index (χ4n) is 2.85. The molecule has 0 aliphatic heterocycles. The van der Waals surface area contributed by atoms with E-state index in [1.54, 1.807) is 31.4 Å². The number of sulfonamides is 1. The van der Waals surface area contributed by atoms with E-state index in [4.69, 9.17) is 10.5 Å². The van der Waals surface area contributed by atoms with Gasteiger partial charge in [0.2, 0.25) is 10.0 Å². The average Bonchev–Trinajstić information content (AvgIpc) is 2.73. The quantitative estimate of drug-likeness (QED) is 0.815. The Bertz CT molecular complexity index is 547. The van der Waals surface area contributed by atoms with Crippen LogP contribution in [0.3, 0.4) is 0 Å². The van der Waals surface area contributed by atoms with Crippen LogP contribution in [0, 0.1) is 0 Å². The van der Waals surface area contributed by atoms with E-state index in [-0.39, 0.29) is 4.90 Å². The van der Waals surface area contributed by atoms with E-state index in [1.165, 1.54) is 0 Å². The maximum atomic E-state index is 12.6. The van der Waals surface area contributed by atoms with Crippen molar-refractivity contribution in [1.29, 1.82) is 0 Å². The van der Waals surface area contributed by atoms with Gasteiger partial charge in [0.1, 0.15) is 5.75 Å². The molecule has 0 unspecified atom stereocenters. The summed E-state index contributed by atoms with van der Waals surface area (Å²) in [5, 5.41) is 0. The van der Waals surface area contributed by atoms with Crippen molar-refractivity contribution in [2.75, 3.05) is 13.7 Å². The number of benzene rings is 1. The summed E-state index contributed by atoms with van der Waals surface area (Å²) in [5.41, 5.74) is 5.39. The monoisotopic (exact) mass is 312 g/mol. The van der Waals surface area contributed by atoms with Crippen LogP contribution >= 0.6 is 0 Å². The summed E-state index contributed by atoms with van der Waals surface area (Å²) in [6, 6.07) is 6.41. The van der Waals surface area contributed by atoms with Crippen molar-refractivity contribution in [1.82, 2.24) is 4.72 Å². The highest BCUT2D eigenvalue weighted by molar-refractivity contribution is 7.89. The Morgan fingerprint density at radius 2 is 1.71 bits per heavy atom. The van der Waals surface area contributed by atoms with Gasteiger partial charge in [-0.25, -0.2) is 13.1 Å². The molecule has 118 valence electrons. The topological polar surface area (TPSA) is 81.4 Å².